The molecule has 1 aromatic rings. The lowest BCUT2D eigenvalue weighted by Crippen LogP contribution is -2.49. The van der Waals surface area contributed by atoms with Gasteiger partial charge in [0.15, 0.2) is 0 Å². The molecule has 2 unspecified atom stereocenters. The molecule has 4 N–H and O–H groups in total. The number of carbonyl (C=O) groups is 2. The second-order valence-corrected chi connectivity index (χ2v) is 5.65. The van der Waals surface area contributed by atoms with Crippen LogP contribution in [0.5, 0.6) is 0 Å². The van der Waals surface area contributed by atoms with Crippen molar-refractivity contribution < 1.29 is 9.59 Å². The highest BCUT2D eigenvalue weighted by Gasteiger charge is 2.34. The van der Waals surface area contributed by atoms with Crippen LogP contribution >= 0.6 is 0 Å². The third-order valence-corrected chi connectivity index (χ3v) is 4.22. The first-order valence-electron chi connectivity index (χ1n) is 7.29. The van der Waals surface area contributed by atoms with Crippen LogP contribution in [-0.2, 0) is 11.3 Å². The van der Waals surface area contributed by atoms with Gasteiger partial charge in [-0.05, 0) is 33.6 Å². The molecule has 2 heterocycles. The van der Waals surface area contributed by atoms with Crippen molar-refractivity contribution in [2.75, 3.05) is 12.3 Å². The minimum absolute atomic E-state index is 0.0630. The Morgan fingerprint density at radius 1 is 1.38 bits per heavy atom. The van der Waals surface area contributed by atoms with E-state index in [1.165, 1.54) is 0 Å². The van der Waals surface area contributed by atoms with Gasteiger partial charge < -0.3 is 16.4 Å². The molecule has 1 aromatic heterocycles. The number of likely N-dealkylation sites (tertiary alicyclic amines) is 1. The molecule has 1 saturated heterocycles. The highest BCUT2D eigenvalue weighted by Crippen LogP contribution is 2.26. The smallest absolute Gasteiger partial charge is 0.274 e. The first-order valence-corrected chi connectivity index (χ1v) is 7.29. The lowest BCUT2D eigenvalue weighted by Gasteiger charge is -2.37. The number of amides is 2. The number of hydrogen-bond acceptors (Lipinski definition) is 4. The number of carbonyl (C=O) groups excluding carboxylic acids is 2. The van der Waals surface area contributed by atoms with Crippen molar-refractivity contribution in [1.82, 2.24) is 14.7 Å². The van der Waals surface area contributed by atoms with E-state index in [9.17, 15) is 9.59 Å². The van der Waals surface area contributed by atoms with Crippen molar-refractivity contribution in [3.05, 3.63) is 11.4 Å². The van der Waals surface area contributed by atoms with Crippen molar-refractivity contribution in [1.29, 1.82) is 0 Å². The third kappa shape index (κ3) is 2.72. The topological polar surface area (TPSA) is 107 Å². The molecule has 1 aliphatic rings. The Bertz CT molecular complexity index is 566. The van der Waals surface area contributed by atoms with Gasteiger partial charge in [0.1, 0.15) is 5.69 Å². The van der Waals surface area contributed by atoms with E-state index < -0.39 is 0 Å². The summed E-state index contributed by atoms with van der Waals surface area (Å²) in [6.45, 7) is 6.59. The van der Waals surface area contributed by atoms with Gasteiger partial charge in [-0.25, -0.2) is 0 Å². The van der Waals surface area contributed by atoms with Gasteiger partial charge in [0.25, 0.3) is 5.91 Å². The van der Waals surface area contributed by atoms with Crippen LogP contribution in [-0.4, -0.2) is 39.1 Å². The number of nitrogen functional groups attached to an aromatic ring is 1. The van der Waals surface area contributed by atoms with Crippen molar-refractivity contribution in [3.63, 3.8) is 0 Å². The number of aromatic nitrogens is 2. The standard InChI is InChI=1S/C14H23N5O2/c1-4-19-12(11(15)9(3)17-19)14(21)18-7-10(13(16)20)6-5-8(18)2/h8,10H,4-7,15H2,1-3H3,(H2,16,20). The van der Waals surface area contributed by atoms with Gasteiger partial charge in [-0.1, -0.05) is 0 Å². The molecule has 116 valence electrons. The summed E-state index contributed by atoms with van der Waals surface area (Å²) in [6.07, 6.45) is 1.49. The van der Waals surface area contributed by atoms with Gasteiger partial charge in [-0.3, -0.25) is 14.3 Å². The van der Waals surface area contributed by atoms with E-state index in [1.807, 2.05) is 13.8 Å². The number of anilines is 1. The fraction of sp³-hybridized carbons (Fsp3) is 0.643. The number of aryl methyl sites for hydroxylation is 2. The number of primary amides is 1. The first-order chi connectivity index (χ1) is 9.86. The van der Waals surface area contributed by atoms with E-state index in [2.05, 4.69) is 5.10 Å². The Morgan fingerprint density at radius 3 is 2.62 bits per heavy atom. The van der Waals surface area contributed by atoms with Crippen molar-refractivity contribution in [2.24, 2.45) is 11.7 Å². The van der Waals surface area contributed by atoms with Crippen LogP contribution in [0.15, 0.2) is 0 Å². The molecule has 0 saturated carbocycles. The summed E-state index contributed by atoms with van der Waals surface area (Å²) in [6, 6.07) is 0.0630. The largest absolute Gasteiger partial charge is 0.395 e. The molecule has 0 spiro atoms. The zero-order valence-electron chi connectivity index (χ0n) is 12.8. The van der Waals surface area contributed by atoms with E-state index in [4.69, 9.17) is 11.5 Å². The number of piperidine rings is 1. The lowest BCUT2D eigenvalue weighted by atomic mass is 9.92. The molecule has 2 amide bonds. The fourth-order valence-corrected chi connectivity index (χ4v) is 2.81. The van der Waals surface area contributed by atoms with Gasteiger partial charge in [0, 0.05) is 19.1 Å². The monoisotopic (exact) mass is 293 g/mol. The number of hydrogen-bond donors (Lipinski definition) is 2. The first kappa shape index (κ1) is 15.3. The van der Waals surface area contributed by atoms with Crippen LogP contribution in [0.3, 0.4) is 0 Å². The van der Waals surface area contributed by atoms with Crippen molar-refractivity contribution in [3.8, 4) is 0 Å². The molecule has 21 heavy (non-hydrogen) atoms. The maximum Gasteiger partial charge on any atom is 0.274 e. The molecule has 0 radical (unpaired) electrons. The molecule has 1 aliphatic heterocycles. The van der Waals surface area contributed by atoms with Gasteiger partial charge in [-0.15, -0.1) is 0 Å². The molecule has 0 aromatic carbocycles. The number of rotatable bonds is 3. The fourth-order valence-electron chi connectivity index (χ4n) is 2.81. The summed E-state index contributed by atoms with van der Waals surface area (Å²) in [5.41, 5.74) is 12.9. The summed E-state index contributed by atoms with van der Waals surface area (Å²) in [5.74, 6) is -0.813. The Hall–Kier alpha value is -2.05. The molecular formula is C14H23N5O2. The normalized spacial score (nSPS) is 22.3. The van der Waals surface area contributed by atoms with E-state index in [-0.39, 0.29) is 23.8 Å². The van der Waals surface area contributed by atoms with Crippen LogP contribution in [0.1, 0.15) is 42.9 Å². The molecule has 2 atom stereocenters. The third-order valence-electron chi connectivity index (χ3n) is 4.22. The summed E-state index contributed by atoms with van der Waals surface area (Å²) >= 11 is 0. The highest BCUT2D eigenvalue weighted by molar-refractivity contribution is 5.98. The molecule has 7 nitrogen and oxygen atoms in total. The van der Waals surface area contributed by atoms with Gasteiger partial charge in [0.05, 0.1) is 17.3 Å². The summed E-state index contributed by atoms with van der Waals surface area (Å²) in [4.78, 5) is 25.9. The number of nitrogens with zero attached hydrogens (tertiary/aromatic N) is 3. The quantitative estimate of drug-likeness (QED) is 0.847. The van der Waals surface area contributed by atoms with Gasteiger partial charge in [-0.2, -0.15) is 5.10 Å². The second kappa shape index (κ2) is 5.75. The van der Waals surface area contributed by atoms with Crippen LogP contribution in [0.2, 0.25) is 0 Å². The van der Waals surface area contributed by atoms with E-state index in [0.29, 0.717) is 30.2 Å². The minimum Gasteiger partial charge on any atom is -0.395 e. The minimum atomic E-state index is -0.354. The lowest BCUT2D eigenvalue weighted by molar-refractivity contribution is -0.123. The van der Waals surface area contributed by atoms with E-state index in [0.717, 1.165) is 12.8 Å². The summed E-state index contributed by atoms with van der Waals surface area (Å²) in [5, 5.41) is 4.28. The summed E-state index contributed by atoms with van der Waals surface area (Å²) in [7, 11) is 0. The van der Waals surface area contributed by atoms with Gasteiger partial charge >= 0.3 is 0 Å². The Morgan fingerprint density at radius 2 is 2.05 bits per heavy atom. The van der Waals surface area contributed by atoms with E-state index in [1.54, 1.807) is 16.5 Å². The van der Waals surface area contributed by atoms with Crippen LogP contribution in [0.4, 0.5) is 5.69 Å². The molecule has 0 bridgehead atoms. The van der Waals surface area contributed by atoms with Crippen molar-refractivity contribution in [2.45, 2.75) is 46.2 Å². The van der Waals surface area contributed by atoms with Crippen LogP contribution in [0, 0.1) is 12.8 Å². The predicted octanol–water partition coefficient (Wildman–Crippen LogP) is 0.520. The molecular weight excluding hydrogens is 270 g/mol. The average molecular weight is 293 g/mol. The summed E-state index contributed by atoms with van der Waals surface area (Å²) < 4.78 is 1.62. The van der Waals surface area contributed by atoms with E-state index >= 15 is 0 Å². The SMILES string of the molecule is CCn1nc(C)c(N)c1C(=O)N1CC(C(N)=O)CCC1C. The number of nitrogens with two attached hydrogens (primary N) is 2. The second-order valence-electron chi connectivity index (χ2n) is 5.65. The molecule has 7 heteroatoms. The molecule has 2 rings (SSSR count). The average Bonchev–Trinajstić information content (AvgIpc) is 2.73. The maximum absolute atomic E-state index is 12.8. The Labute approximate surface area is 124 Å². The van der Waals surface area contributed by atoms with Crippen molar-refractivity contribution >= 4 is 17.5 Å². The van der Waals surface area contributed by atoms with Crippen LogP contribution in [0.25, 0.3) is 0 Å². The highest BCUT2D eigenvalue weighted by atomic mass is 16.2. The van der Waals surface area contributed by atoms with Gasteiger partial charge in [0.2, 0.25) is 5.91 Å². The zero-order chi connectivity index (χ0) is 15.7. The maximum atomic E-state index is 12.8. The predicted molar refractivity (Wildman–Crippen MR) is 79.5 cm³/mol. The Balaban J connectivity index is 2.32. The molecule has 0 aliphatic carbocycles. The van der Waals surface area contributed by atoms with Crippen LogP contribution < -0.4 is 11.5 Å². The Kier molecular flexibility index (Phi) is 4.20. The zero-order valence-corrected chi connectivity index (χ0v) is 12.8. The molecule has 1 fully saturated rings.